The monoisotopic (exact) mass is 512 g/mol. The highest BCUT2D eigenvalue weighted by atomic mass is 35.5. The van der Waals surface area contributed by atoms with E-state index in [4.69, 9.17) is 16.4 Å². The van der Waals surface area contributed by atoms with E-state index in [-0.39, 0.29) is 5.56 Å². The smallest absolute Gasteiger partial charge is 0.251 e. The van der Waals surface area contributed by atoms with Gasteiger partial charge in [-0.2, -0.15) is 0 Å². The van der Waals surface area contributed by atoms with Gasteiger partial charge in [-0.3, -0.25) is 4.79 Å². The number of hydrogen-bond acceptors (Lipinski definition) is 5. The zero-order valence-electron chi connectivity index (χ0n) is 20.6. The predicted molar refractivity (Wildman–Crippen MR) is 146 cm³/mol. The Morgan fingerprint density at radius 1 is 1.03 bits per heavy atom. The number of rotatable bonds is 6. The number of aryl methyl sites for hydroxylation is 2. The summed E-state index contributed by atoms with van der Waals surface area (Å²) in [5, 5.41) is 17.6. The Labute approximate surface area is 218 Å². The van der Waals surface area contributed by atoms with Crippen LogP contribution in [0.1, 0.15) is 22.4 Å². The van der Waals surface area contributed by atoms with Crippen LogP contribution >= 0.6 is 11.6 Å². The minimum Gasteiger partial charge on any atom is -0.399 e. The Kier molecular flexibility index (Phi) is 6.41. The van der Waals surface area contributed by atoms with Crippen LogP contribution < -0.4 is 5.56 Å². The van der Waals surface area contributed by atoms with Gasteiger partial charge in [0.15, 0.2) is 5.60 Å². The van der Waals surface area contributed by atoms with Gasteiger partial charge in [0.25, 0.3) is 5.56 Å². The first kappa shape index (κ1) is 24.5. The Morgan fingerprint density at radius 3 is 2.46 bits per heavy atom. The van der Waals surface area contributed by atoms with Crippen LogP contribution in [0.3, 0.4) is 0 Å². The second-order valence-corrected chi connectivity index (χ2v) is 9.27. The van der Waals surface area contributed by atoms with Crippen molar-refractivity contribution in [3.05, 3.63) is 123 Å². The highest BCUT2D eigenvalue weighted by Gasteiger charge is 2.37. The van der Waals surface area contributed by atoms with Gasteiger partial charge in [0.05, 0.1) is 29.9 Å². The van der Waals surface area contributed by atoms with Crippen LogP contribution in [0.15, 0.2) is 95.3 Å². The van der Waals surface area contributed by atoms with Gasteiger partial charge in [-0.25, -0.2) is 4.98 Å². The molecule has 0 aliphatic rings. The number of nitrogens with zero attached hydrogens (tertiary/aromatic N) is 4. The molecule has 5 rings (SSSR count). The van der Waals surface area contributed by atoms with Crippen molar-refractivity contribution in [3.63, 3.8) is 0 Å². The van der Waals surface area contributed by atoms with Gasteiger partial charge >= 0.3 is 0 Å². The fourth-order valence-corrected chi connectivity index (χ4v) is 4.86. The van der Waals surface area contributed by atoms with Crippen molar-refractivity contribution in [2.24, 2.45) is 19.3 Å². The topological polar surface area (TPSA) is 81.6 Å². The summed E-state index contributed by atoms with van der Waals surface area (Å²) in [4.78, 5) is 21.8. The molecule has 2 aromatic heterocycles. The first-order valence-corrected chi connectivity index (χ1v) is 12.0. The summed E-state index contributed by atoms with van der Waals surface area (Å²) in [5.74, 6) is 0. The quantitative estimate of drug-likeness (QED) is 0.260. The third-order valence-electron chi connectivity index (χ3n) is 6.62. The Morgan fingerprint density at radius 2 is 1.78 bits per heavy atom. The standard InChI is InChI=1S/C29H25ClN4O3/c1-33-18-31-17-27(33)29(36,21-9-7-19(8-10-21)16-32-37-3)22-11-12-26-25(14-22)24(15-28(35)34(26)2)20-5-4-6-23(30)13-20/h4-18,36H,1-3H3/b32-16-. The Hall–Kier alpha value is -4.20. The molecule has 7 nitrogen and oxygen atoms in total. The van der Waals surface area contributed by atoms with Crippen LogP contribution in [0, 0.1) is 0 Å². The number of aliphatic hydroxyl groups is 1. The first-order chi connectivity index (χ1) is 17.8. The molecule has 5 aromatic rings. The van der Waals surface area contributed by atoms with Crippen LogP contribution in [0.5, 0.6) is 0 Å². The molecule has 1 atom stereocenters. The van der Waals surface area contributed by atoms with Crippen LogP contribution in [-0.2, 0) is 24.5 Å². The molecule has 0 amide bonds. The van der Waals surface area contributed by atoms with Gasteiger partial charge in [-0.15, -0.1) is 0 Å². The predicted octanol–water partition coefficient (Wildman–Crippen LogP) is 4.86. The molecule has 8 heteroatoms. The molecule has 1 unspecified atom stereocenters. The van der Waals surface area contributed by atoms with E-state index in [1.165, 1.54) is 7.11 Å². The van der Waals surface area contributed by atoms with E-state index in [1.54, 1.807) is 47.1 Å². The van der Waals surface area contributed by atoms with Crippen LogP contribution in [0.25, 0.3) is 22.0 Å². The average Bonchev–Trinajstić information content (AvgIpc) is 3.35. The van der Waals surface area contributed by atoms with E-state index in [0.29, 0.717) is 21.8 Å². The number of halogens is 1. The summed E-state index contributed by atoms with van der Waals surface area (Å²) >= 11 is 6.28. The second-order valence-electron chi connectivity index (χ2n) is 8.84. The minimum atomic E-state index is -1.53. The number of fused-ring (bicyclic) bond motifs is 1. The minimum absolute atomic E-state index is 0.134. The zero-order chi connectivity index (χ0) is 26.2. The lowest BCUT2D eigenvalue weighted by Gasteiger charge is -2.30. The van der Waals surface area contributed by atoms with E-state index in [2.05, 4.69) is 10.1 Å². The Bertz CT molecular complexity index is 1690. The molecule has 2 heterocycles. The van der Waals surface area contributed by atoms with Crippen molar-refractivity contribution in [3.8, 4) is 11.1 Å². The number of imidazole rings is 1. The van der Waals surface area contributed by atoms with Gasteiger partial charge in [0.1, 0.15) is 7.11 Å². The van der Waals surface area contributed by atoms with Gasteiger partial charge in [-0.1, -0.05) is 59.2 Å². The third kappa shape index (κ3) is 4.33. The summed E-state index contributed by atoms with van der Waals surface area (Å²) < 4.78 is 3.39. The summed E-state index contributed by atoms with van der Waals surface area (Å²) in [6, 6.07) is 22.1. The van der Waals surface area contributed by atoms with Crippen LogP contribution in [0.4, 0.5) is 0 Å². The molecule has 1 N–H and O–H groups in total. The Balaban J connectivity index is 1.78. The molecule has 0 aliphatic heterocycles. The molecule has 0 aliphatic carbocycles. The van der Waals surface area contributed by atoms with Gasteiger partial charge in [0, 0.05) is 30.6 Å². The van der Waals surface area contributed by atoms with Crippen molar-refractivity contribution in [1.82, 2.24) is 14.1 Å². The summed E-state index contributed by atoms with van der Waals surface area (Å²) in [6.07, 6.45) is 4.91. The second kappa shape index (κ2) is 9.69. The molecular formula is C29H25ClN4O3. The highest BCUT2D eigenvalue weighted by molar-refractivity contribution is 6.30. The lowest BCUT2D eigenvalue weighted by Crippen LogP contribution is -2.31. The summed E-state index contributed by atoms with van der Waals surface area (Å²) in [6.45, 7) is 0. The van der Waals surface area contributed by atoms with Crippen molar-refractivity contribution < 1.29 is 9.94 Å². The average molecular weight is 513 g/mol. The first-order valence-electron chi connectivity index (χ1n) is 11.6. The van der Waals surface area contributed by atoms with Crippen molar-refractivity contribution in [2.45, 2.75) is 5.60 Å². The van der Waals surface area contributed by atoms with Crippen LogP contribution in [-0.4, -0.2) is 32.5 Å². The molecule has 37 heavy (non-hydrogen) atoms. The molecule has 0 saturated carbocycles. The van der Waals surface area contributed by atoms with Gasteiger partial charge in [0.2, 0.25) is 0 Å². The van der Waals surface area contributed by atoms with Crippen LogP contribution in [0.2, 0.25) is 5.02 Å². The fraction of sp³-hybridized carbons (Fsp3) is 0.138. The lowest BCUT2D eigenvalue weighted by molar-refractivity contribution is 0.117. The molecule has 0 fully saturated rings. The molecule has 3 aromatic carbocycles. The number of pyridine rings is 1. The maximum Gasteiger partial charge on any atom is 0.251 e. The summed E-state index contributed by atoms with van der Waals surface area (Å²) in [5.41, 5.74) is 3.34. The lowest BCUT2D eigenvalue weighted by atomic mass is 9.82. The number of oxime groups is 1. The zero-order valence-corrected chi connectivity index (χ0v) is 21.3. The largest absolute Gasteiger partial charge is 0.399 e. The fourth-order valence-electron chi connectivity index (χ4n) is 4.67. The van der Waals surface area contributed by atoms with Gasteiger partial charge in [-0.05, 0) is 52.1 Å². The normalized spacial score (nSPS) is 13.2. The number of benzene rings is 3. The third-order valence-corrected chi connectivity index (χ3v) is 6.86. The molecule has 0 spiro atoms. The van der Waals surface area contributed by atoms with E-state index in [0.717, 1.165) is 27.6 Å². The summed E-state index contributed by atoms with van der Waals surface area (Å²) in [7, 11) is 5.06. The van der Waals surface area contributed by atoms with E-state index < -0.39 is 5.60 Å². The maximum absolute atomic E-state index is 12.8. The van der Waals surface area contributed by atoms with Crippen molar-refractivity contribution >= 4 is 28.7 Å². The van der Waals surface area contributed by atoms with E-state index in [1.807, 2.05) is 67.7 Å². The molecular weight excluding hydrogens is 488 g/mol. The molecule has 0 saturated heterocycles. The number of aromatic nitrogens is 3. The number of hydrogen-bond donors (Lipinski definition) is 1. The van der Waals surface area contributed by atoms with Gasteiger partial charge < -0.3 is 19.1 Å². The van der Waals surface area contributed by atoms with Crippen molar-refractivity contribution in [1.29, 1.82) is 0 Å². The molecule has 0 bridgehead atoms. The maximum atomic E-state index is 12.8. The SMILES string of the molecule is CO/N=C\c1ccc(C(O)(c2ccc3c(c2)c(-c2cccc(Cl)c2)cc(=O)n3C)c2cncn2C)cc1. The molecule has 186 valence electrons. The molecule has 0 radical (unpaired) electrons. The van der Waals surface area contributed by atoms with E-state index in [9.17, 15) is 9.90 Å². The van der Waals surface area contributed by atoms with E-state index >= 15 is 0 Å². The van der Waals surface area contributed by atoms with Crippen molar-refractivity contribution in [2.75, 3.05) is 7.11 Å². The highest BCUT2D eigenvalue weighted by Crippen LogP contribution is 2.39.